The van der Waals surface area contributed by atoms with Crippen LogP contribution in [0.2, 0.25) is 0 Å². The number of hydrogen-bond acceptors (Lipinski definition) is 3. The summed E-state index contributed by atoms with van der Waals surface area (Å²) in [5.74, 6) is 1.11. The van der Waals surface area contributed by atoms with Crippen molar-refractivity contribution in [3.63, 3.8) is 0 Å². The van der Waals surface area contributed by atoms with Crippen molar-refractivity contribution in [3.8, 4) is 0 Å². The van der Waals surface area contributed by atoms with Gasteiger partial charge in [0.2, 0.25) is 0 Å². The van der Waals surface area contributed by atoms with Crippen LogP contribution in [0.5, 0.6) is 0 Å². The van der Waals surface area contributed by atoms with Crippen molar-refractivity contribution in [2.45, 2.75) is 16.8 Å². The van der Waals surface area contributed by atoms with Gasteiger partial charge >= 0.3 is 0 Å². The molecule has 4 aliphatic carbocycles. The van der Waals surface area contributed by atoms with E-state index in [4.69, 9.17) is 4.74 Å². The minimum Gasteiger partial charge on any atom is -0.492 e. The molecule has 0 bridgehead atoms. The van der Waals surface area contributed by atoms with Gasteiger partial charge < -0.3 is 4.74 Å². The summed E-state index contributed by atoms with van der Waals surface area (Å²) < 4.78 is 6.54. The molecule has 2 nitrogen and oxygen atoms in total. The van der Waals surface area contributed by atoms with Crippen LogP contribution in [0.15, 0.2) is 125 Å². The average Bonchev–Trinajstić information content (AvgIpc) is 2.88. The van der Waals surface area contributed by atoms with E-state index in [0.717, 1.165) is 11.3 Å². The monoisotopic (exact) mass is 446 g/mol. The van der Waals surface area contributed by atoms with E-state index < -0.39 is 0 Å². The number of thioether (sulfide) groups is 1. The number of carbonyl (C=O) groups is 1. The topological polar surface area (TPSA) is 26.3 Å². The summed E-state index contributed by atoms with van der Waals surface area (Å²) >= 11 is 1.85. The fraction of sp³-hybridized carbons (Fsp3) is 0.167. The maximum Gasteiger partial charge on any atom is 0.151 e. The zero-order valence-corrected chi connectivity index (χ0v) is 18.8. The molecule has 1 heterocycles. The number of hydrogen-bond donors (Lipinski definition) is 0. The van der Waals surface area contributed by atoms with Gasteiger partial charge in [0.15, 0.2) is 5.78 Å². The molecule has 5 aliphatic rings. The van der Waals surface area contributed by atoms with E-state index in [9.17, 15) is 4.79 Å². The molecule has 4 atom stereocenters. The van der Waals surface area contributed by atoms with Crippen LogP contribution >= 0.6 is 11.8 Å². The second-order valence-corrected chi connectivity index (χ2v) is 10.2. The maximum absolute atomic E-state index is 13.5. The Balaban J connectivity index is 1.42. The highest BCUT2D eigenvalue weighted by atomic mass is 32.2. The maximum atomic E-state index is 13.5. The lowest BCUT2D eigenvalue weighted by Gasteiger charge is -2.44. The number of rotatable bonds is 3. The smallest absolute Gasteiger partial charge is 0.151 e. The Morgan fingerprint density at radius 2 is 1.64 bits per heavy atom. The van der Waals surface area contributed by atoms with Gasteiger partial charge in [-0.25, -0.2) is 0 Å². The van der Waals surface area contributed by atoms with Crippen LogP contribution in [0.3, 0.4) is 0 Å². The summed E-state index contributed by atoms with van der Waals surface area (Å²) in [5.41, 5.74) is 7.41. The summed E-state index contributed by atoms with van der Waals surface area (Å²) in [6.45, 7) is 0.540. The molecule has 0 fully saturated rings. The molecule has 7 rings (SSSR count). The number of benzene rings is 2. The van der Waals surface area contributed by atoms with Crippen LogP contribution in [-0.2, 0) is 16.1 Å². The standard InChI is InChI=1S/C30H22O2S/c31-29-22-12-5-4-10-19(22)24-16-25(32-17-18-8-2-1-3-9-18)30-28-21(14-15-23(29)27(24)28)20-11-6-7-13-26(20)33-30/h1-16,19,22-23,30H,17H2. The largest absolute Gasteiger partial charge is 0.492 e. The average molecular weight is 447 g/mol. The van der Waals surface area contributed by atoms with Gasteiger partial charge in [-0.3, -0.25) is 4.79 Å². The first-order valence-corrected chi connectivity index (χ1v) is 12.4. The van der Waals surface area contributed by atoms with Crippen molar-refractivity contribution in [2.24, 2.45) is 17.8 Å². The van der Waals surface area contributed by atoms with E-state index in [2.05, 4.69) is 72.9 Å². The fourth-order valence-corrected chi connectivity index (χ4v) is 7.12. The van der Waals surface area contributed by atoms with Crippen LogP contribution < -0.4 is 0 Å². The molecule has 1 aliphatic heterocycles. The molecule has 3 heteroatoms. The van der Waals surface area contributed by atoms with Gasteiger partial charge in [0, 0.05) is 16.7 Å². The molecule has 0 spiro atoms. The third-order valence-electron chi connectivity index (χ3n) is 7.28. The molecule has 0 saturated heterocycles. The summed E-state index contributed by atoms with van der Waals surface area (Å²) in [6, 6.07) is 18.9. The van der Waals surface area contributed by atoms with Crippen molar-refractivity contribution >= 4 is 23.1 Å². The molecular formula is C30H22O2S. The third kappa shape index (κ3) is 2.85. The Kier molecular flexibility index (Phi) is 4.28. The van der Waals surface area contributed by atoms with E-state index in [1.807, 2.05) is 36.0 Å². The van der Waals surface area contributed by atoms with Crippen LogP contribution in [0.4, 0.5) is 0 Å². The van der Waals surface area contributed by atoms with Gasteiger partial charge in [0.1, 0.15) is 12.4 Å². The van der Waals surface area contributed by atoms with Crippen LogP contribution in [0, 0.1) is 17.8 Å². The van der Waals surface area contributed by atoms with E-state index in [1.54, 1.807) is 0 Å². The van der Waals surface area contributed by atoms with Crippen molar-refractivity contribution in [1.82, 2.24) is 0 Å². The van der Waals surface area contributed by atoms with E-state index in [-0.39, 0.29) is 23.0 Å². The molecular weight excluding hydrogens is 424 g/mol. The highest BCUT2D eigenvalue weighted by Gasteiger charge is 2.48. The minimum atomic E-state index is -0.170. The minimum absolute atomic E-state index is 0.0669. The van der Waals surface area contributed by atoms with E-state index in [0.29, 0.717) is 12.4 Å². The first-order valence-electron chi connectivity index (χ1n) is 11.5. The first kappa shape index (κ1) is 19.2. The lowest BCUT2D eigenvalue weighted by molar-refractivity contribution is -0.124. The van der Waals surface area contributed by atoms with Crippen LogP contribution in [-0.4, -0.2) is 11.0 Å². The molecule has 0 amide bonds. The molecule has 2 aromatic carbocycles. The number of Topliss-reactive ketones (excluding diaryl/α,β-unsaturated/α-hetero) is 1. The Morgan fingerprint density at radius 3 is 2.52 bits per heavy atom. The van der Waals surface area contributed by atoms with Gasteiger partial charge in [-0.05, 0) is 45.6 Å². The number of ether oxygens (including phenoxy) is 1. The molecule has 33 heavy (non-hydrogen) atoms. The zero-order valence-electron chi connectivity index (χ0n) is 18.0. The van der Waals surface area contributed by atoms with Crippen molar-refractivity contribution < 1.29 is 9.53 Å². The van der Waals surface area contributed by atoms with Gasteiger partial charge in [-0.1, -0.05) is 85.0 Å². The summed E-state index contributed by atoms with van der Waals surface area (Å²) in [6.07, 6.45) is 14.9. The number of fused-ring (bicyclic) bond motifs is 4. The van der Waals surface area contributed by atoms with Crippen LogP contribution in [0.1, 0.15) is 11.1 Å². The van der Waals surface area contributed by atoms with Gasteiger partial charge in [0.25, 0.3) is 0 Å². The normalized spacial score (nSPS) is 28.2. The first-order chi connectivity index (χ1) is 16.3. The predicted octanol–water partition coefficient (Wildman–Crippen LogP) is 6.45. The fourth-order valence-electron chi connectivity index (χ4n) is 5.78. The van der Waals surface area contributed by atoms with E-state index in [1.165, 1.54) is 32.8 Å². The number of ketones is 1. The quantitative estimate of drug-likeness (QED) is 0.542. The zero-order chi connectivity index (χ0) is 21.9. The second-order valence-electron chi connectivity index (χ2n) is 9.07. The van der Waals surface area contributed by atoms with Crippen LogP contribution in [0.25, 0.3) is 5.57 Å². The Hall–Kier alpha value is -3.30. The summed E-state index contributed by atoms with van der Waals surface area (Å²) in [5, 5.41) is 0.0669. The Labute approximate surface area is 197 Å². The number of allylic oxidation sites excluding steroid dienone is 10. The highest BCUT2D eigenvalue weighted by Crippen LogP contribution is 2.57. The van der Waals surface area contributed by atoms with Gasteiger partial charge in [0.05, 0.1) is 11.2 Å². The lowest BCUT2D eigenvalue weighted by Crippen LogP contribution is -2.40. The van der Waals surface area contributed by atoms with Gasteiger partial charge in [-0.2, -0.15) is 0 Å². The second kappa shape index (κ2) is 7.36. The van der Waals surface area contributed by atoms with Crippen molar-refractivity contribution in [3.05, 3.63) is 131 Å². The Morgan fingerprint density at radius 1 is 0.848 bits per heavy atom. The highest BCUT2D eigenvalue weighted by molar-refractivity contribution is 8.00. The molecule has 0 radical (unpaired) electrons. The molecule has 0 saturated carbocycles. The molecule has 2 aromatic rings. The predicted molar refractivity (Wildman–Crippen MR) is 132 cm³/mol. The SMILES string of the molecule is O=C1C2C=CC3=C4C2=C(C=C(OCc2ccccc2)C4Sc2ccccc23)C2C=CC=CC12. The summed E-state index contributed by atoms with van der Waals surface area (Å²) in [4.78, 5) is 14.8. The molecule has 0 aromatic heterocycles. The van der Waals surface area contributed by atoms with Gasteiger partial charge in [-0.15, -0.1) is 11.8 Å². The molecule has 160 valence electrons. The van der Waals surface area contributed by atoms with Crippen molar-refractivity contribution in [2.75, 3.05) is 0 Å². The van der Waals surface area contributed by atoms with Crippen molar-refractivity contribution in [1.29, 1.82) is 0 Å². The summed E-state index contributed by atoms with van der Waals surface area (Å²) in [7, 11) is 0. The number of carbonyl (C=O) groups excluding carboxylic acids is 1. The molecule has 0 N–H and O–H groups in total. The Bertz CT molecular complexity index is 1370. The molecule has 4 unspecified atom stereocenters. The lowest BCUT2D eigenvalue weighted by atomic mass is 9.62. The van der Waals surface area contributed by atoms with E-state index >= 15 is 0 Å². The third-order valence-corrected chi connectivity index (χ3v) is 8.59.